The molecule has 0 atom stereocenters. The van der Waals surface area contributed by atoms with Crippen LogP contribution in [0.1, 0.15) is 31.5 Å². The highest BCUT2D eigenvalue weighted by Crippen LogP contribution is 2.47. The third-order valence-corrected chi connectivity index (χ3v) is 10.2. The smallest absolute Gasteiger partial charge is 0.0667 e. The number of anilines is 6. The summed E-state index contributed by atoms with van der Waals surface area (Å²) in [4.78, 5) is 1.04. The van der Waals surface area contributed by atoms with E-state index in [9.17, 15) is 15.1 Å². The number of nitrogens with zero attached hydrogens (tertiary/aromatic N) is 4. The zero-order valence-electron chi connectivity index (χ0n) is 52.8. The lowest BCUT2D eigenvalue weighted by molar-refractivity contribution is 1.16. The van der Waals surface area contributed by atoms with Gasteiger partial charge in [0.05, 0.1) is 76.2 Å². The van der Waals surface area contributed by atoms with Crippen molar-refractivity contribution in [2.45, 2.75) is 0 Å². The Balaban J connectivity index is 1.39. The van der Waals surface area contributed by atoms with Gasteiger partial charge in [0, 0.05) is 49.7 Å². The summed E-state index contributed by atoms with van der Waals surface area (Å²) in [5.74, 6) is 0. The monoisotopic (exact) mass is 763 g/mol. The molecule has 4 heteroatoms. The molecule has 0 aliphatic heterocycles. The van der Waals surface area contributed by atoms with Crippen molar-refractivity contribution < 1.29 is 31.5 Å². The van der Waals surface area contributed by atoms with Crippen LogP contribution in [0.4, 0.5) is 34.1 Å². The Morgan fingerprint density at radius 1 is 0.345 bits per heavy atom. The first-order valence-electron chi connectivity index (χ1n) is 29.5. The van der Waals surface area contributed by atoms with E-state index >= 15 is 0 Å². The highest BCUT2D eigenvalue weighted by atomic mass is 15.2. The lowest BCUT2D eigenvalue weighted by Crippen LogP contribution is -2.14. The summed E-state index contributed by atoms with van der Waals surface area (Å²) >= 11 is 0. The fourth-order valence-corrected chi connectivity index (χ4v) is 8.08. The number of hydrogen-bond donors (Lipinski definition) is 0. The van der Waals surface area contributed by atoms with E-state index < -0.39 is 179 Å². The van der Waals surface area contributed by atoms with Crippen LogP contribution in [0.5, 0.6) is 0 Å². The van der Waals surface area contributed by atoms with Gasteiger partial charge in [0.25, 0.3) is 0 Å². The minimum absolute atomic E-state index is 0.264. The normalized spacial score (nSPS) is 17.3. The molecule has 12 rings (SSSR count). The van der Waals surface area contributed by atoms with E-state index in [1.54, 1.807) is 24.3 Å². The summed E-state index contributed by atoms with van der Waals surface area (Å²) in [5, 5.41) is 4.39. The molecule has 0 radical (unpaired) electrons. The van der Waals surface area contributed by atoms with Gasteiger partial charge in [0.2, 0.25) is 0 Å². The minimum Gasteiger partial charge on any atom is -0.310 e. The molecule has 3 heterocycles. The van der Waals surface area contributed by atoms with Crippen LogP contribution in [-0.2, 0) is 0 Å². The lowest BCUT2D eigenvalue weighted by Gasteiger charge is -2.30. The second-order valence-corrected chi connectivity index (χ2v) is 13.2. The SMILES string of the molecule is [2H]c1c([2H])c([2H])c(N(c2c([2H])c([2H])c([2H])c([2H])c2[2H])c2c([2H])c(N(c3c([2H])c([2H])c([2H])c([2H])c3[2H])c3c([2H])c([2H])c([2H])c([2H])c3[2H])c([2H])c(-n3c4cccc5c6cccc7c8ccccc8n(c8cccc3c8c54)c67)c2[2H])c([2H])c1[2H]. The van der Waals surface area contributed by atoms with Crippen molar-refractivity contribution >= 4 is 94.0 Å². The van der Waals surface area contributed by atoms with E-state index in [1.165, 1.54) is 4.57 Å². The Kier molecular flexibility index (Phi) is 3.80. The van der Waals surface area contributed by atoms with Crippen LogP contribution in [0.3, 0.4) is 0 Å². The van der Waals surface area contributed by atoms with Crippen molar-refractivity contribution in [3.05, 3.63) is 218 Å². The first kappa shape index (κ1) is 17.1. The first-order valence-corrected chi connectivity index (χ1v) is 18.0. The van der Waals surface area contributed by atoms with E-state index in [-0.39, 0.29) is 11.0 Å². The Morgan fingerprint density at radius 2 is 0.759 bits per heavy atom. The van der Waals surface area contributed by atoms with Crippen molar-refractivity contribution in [2.24, 2.45) is 0 Å². The standard InChI is InChI=1S/C54H36N4/c1-5-18-37(19-6-1)55(38-20-7-2-8-21-38)41-34-42(56(39-22-9-3-10-23-39)40-24-11-4-12-25-40)36-43(35-41)57-49-31-16-27-45-47-29-15-28-46-44-26-13-14-30-48(44)58(54(46)47)51-33-17-32-50(57)53(51)52(45)49/h1-36H/i1D,2D,3D,4D,5D,6D,7D,8D,9D,10D,11D,12D,18D,19D,20D,21D,22D,23D,24D,25D,34D,35D,36D. The van der Waals surface area contributed by atoms with E-state index in [4.69, 9.17) is 16.4 Å². The zero-order valence-corrected chi connectivity index (χ0v) is 29.8. The van der Waals surface area contributed by atoms with Gasteiger partial charge in [0.1, 0.15) is 0 Å². The Labute approximate surface area is 367 Å². The van der Waals surface area contributed by atoms with Crippen molar-refractivity contribution in [3.63, 3.8) is 0 Å². The molecular weight excluding hydrogens is 705 g/mol. The summed E-state index contributed by atoms with van der Waals surface area (Å²) in [6, 6.07) is 0.594. The number of rotatable bonds is 7. The molecule has 9 aromatic carbocycles. The molecule has 0 bridgehead atoms. The van der Waals surface area contributed by atoms with Gasteiger partial charge in [-0.25, -0.2) is 0 Å². The molecule has 3 aromatic heterocycles. The maximum Gasteiger partial charge on any atom is 0.0667 e. The van der Waals surface area contributed by atoms with Crippen molar-refractivity contribution in [1.29, 1.82) is 0 Å². The van der Waals surface area contributed by atoms with E-state index in [2.05, 4.69) is 4.40 Å². The molecule has 272 valence electrons. The summed E-state index contributed by atoms with van der Waals surface area (Å²) < 4.78 is 215. The fourth-order valence-electron chi connectivity index (χ4n) is 8.08. The Bertz CT molecular complexity index is 4410. The van der Waals surface area contributed by atoms with Gasteiger partial charge >= 0.3 is 0 Å². The summed E-state index contributed by atoms with van der Waals surface area (Å²) in [5.41, 5.74) is -3.68. The average molecular weight is 764 g/mol. The van der Waals surface area contributed by atoms with E-state index in [0.717, 1.165) is 27.2 Å². The van der Waals surface area contributed by atoms with Gasteiger partial charge in [-0.3, -0.25) is 0 Å². The first-order chi connectivity index (χ1) is 38.4. The molecular formula is C54H36N4. The number of hydrogen-bond acceptors (Lipinski definition) is 2. The van der Waals surface area contributed by atoms with E-state index in [0.29, 0.717) is 31.5 Å². The van der Waals surface area contributed by atoms with Crippen molar-refractivity contribution in [1.82, 2.24) is 8.97 Å². The van der Waals surface area contributed by atoms with Crippen molar-refractivity contribution in [2.75, 3.05) is 9.80 Å². The Hall–Kier alpha value is -7.82. The molecule has 0 unspecified atom stereocenters. The molecule has 12 aromatic rings. The molecule has 0 N–H and O–H groups in total. The molecule has 0 aliphatic carbocycles. The molecule has 0 aliphatic rings. The molecule has 4 nitrogen and oxygen atoms in total. The highest BCUT2D eigenvalue weighted by molar-refractivity contribution is 6.31. The fraction of sp³-hybridized carbons (Fsp3) is 0. The van der Waals surface area contributed by atoms with Crippen LogP contribution >= 0.6 is 0 Å². The van der Waals surface area contributed by atoms with Crippen LogP contribution in [0.15, 0.2) is 218 Å². The largest absolute Gasteiger partial charge is 0.310 e. The molecule has 0 saturated heterocycles. The van der Waals surface area contributed by atoms with Crippen molar-refractivity contribution in [3.8, 4) is 5.69 Å². The van der Waals surface area contributed by atoms with Gasteiger partial charge in [-0.1, -0.05) is 127 Å². The number of benzene rings is 9. The van der Waals surface area contributed by atoms with Crippen LogP contribution in [0, 0.1) is 0 Å². The second kappa shape index (κ2) is 12.9. The molecule has 0 fully saturated rings. The Morgan fingerprint density at radius 3 is 1.33 bits per heavy atom. The molecule has 0 saturated carbocycles. The second-order valence-electron chi connectivity index (χ2n) is 13.2. The lowest BCUT2D eigenvalue weighted by atomic mass is 10.0. The molecule has 0 spiro atoms. The van der Waals surface area contributed by atoms with E-state index in [1.807, 2.05) is 54.6 Å². The van der Waals surface area contributed by atoms with Gasteiger partial charge in [-0.2, -0.15) is 0 Å². The predicted octanol–water partition coefficient (Wildman–Crippen LogP) is 14.9. The maximum absolute atomic E-state index is 10.6. The number of fused-ring (bicyclic) bond motifs is 5. The third-order valence-electron chi connectivity index (χ3n) is 10.2. The number of para-hydroxylation sites is 6. The molecule has 0 amide bonds. The number of aromatic nitrogens is 2. The summed E-state index contributed by atoms with van der Waals surface area (Å²) in [6.45, 7) is 0. The zero-order chi connectivity index (χ0) is 58.2. The topological polar surface area (TPSA) is 15.8 Å². The maximum atomic E-state index is 10.6. The third kappa shape index (κ3) is 4.82. The predicted molar refractivity (Wildman–Crippen MR) is 245 cm³/mol. The molecule has 58 heavy (non-hydrogen) atoms. The quantitative estimate of drug-likeness (QED) is 0.161. The minimum atomic E-state index is -1.22. The van der Waals surface area contributed by atoms with Gasteiger partial charge in [-0.05, 0) is 96.1 Å². The summed E-state index contributed by atoms with van der Waals surface area (Å²) in [6.07, 6.45) is 0. The van der Waals surface area contributed by atoms with Gasteiger partial charge in [-0.15, -0.1) is 0 Å². The van der Waals surface area contributed by atoms with Crippen LogP contribution < -0.4 is 9.80 Å². The van der Waals surface area contributed by atoms with Gasteiger partial charge < -0.3 is 18.8 Å². The highest BCUT2D eigenvalue weighted by Gasteiger charge is 2.24. The summed E-state index contributed by atoms with van der Waals surface area (Å²) in [7, 11) is 0. The van der Waals surface area contributed by atoms with Crippen LogP contribution in [0.25, 0.3) is 65.6 Å². The average Bonchev–Trinajstić information content (AvgIpc) is 2.15. The van der Waals surface area contributed by atoms with Crippen LogP contribution in [0.2, 0.25) is 0 Å². The van der Waals surface area contributed by atoms with Gasteiger partial charge in [0.15, 0.2) is 0 Å². The van der Waals surface area contributed by atoms with Crippen LogP contribution in [-0.4, -0.2) is 8.97 Å².